The minimum absolute atomic E-state index is 0.00325. The monoisotopic (exact) mass is 292 g/mol. The molecular weight excluding hydrogens is 272 g/mol. The highest BCUT2D eigenvalue weighted by Crippen LogP contribution is 2.30. The first kappa shape index (κ1) is 14.1. The Bertz CT molecular complexity index is 556. The summed E-state index contributed by atoms with van der Waals surface area (Å²) in [5.74, 6) is -0.410. The molecule has 0 aromatic carbocycles. The third-order valence-corrected chi connectivity index (χ3v) is 4.33. The molecule has 2 aliphatic rings. The van der Waals surface area contributed by atoms with E-state index < -0.39 is 5.91 Å². The second-order valence-electron chi connectivity index (χ2n) is 5.91. The van der Waals surface area contributed by atoms with Crippen LogP contribution in [0.1, 0.15) is 48.3 Å². The standard InChI is InChI=1S/C14H20N4O3/c1-8-5-12(14(20)21-8)18-4-2-3-9(7-18)10-6-11(13(15)19)17-16-10/h6,8-9,12H,2-5,7H2,1H3,(H2,15,19)(H,16,17)/t8-,9-,12-/m1/s1. The number of hydrogen-bond donors (Lipinski definition) is 2. The molecule has 2 fully saturated rings. The van der Waals surface area contributed by atoms with Gasteiger partial charge in [-0.05, 0) is 32.4 Å². The highest BCUT2D eigenvalue weighted by molar-refractivity contribution is 5.90. The maximum Gasteiger partial charge on any atom is 0.323 e. The van der Waals surface area contributed by atoms with Gasteiger partial charge in [0.15, 0.2) is 0 Å². The number of piperidine rings is 1. The Morgan fingerprint density at radius 3 is 3.00 bits per heavy atom. The van der Waals surface area contributed by atoms with Gasteiger partial charge >= 0.3 is 5.97 Å². The Hall–Kier alpha value is -1.89. The molecule has 3 rings (SSSR count). The fourth-order valence-corrected chi connectivity index (χ4v) is 3.25. The molecule has 1 aromatic rings. The number of nitrogens with two attached hydrogens (primary N) is 1. The summed E-state index contributed by atoms with van der Waals surface area (Å²) in [6.45, 7) is 3.60. The van der Waals surface area contributed by atoms with Crippen molar-refractivity contribution in [3.63, 3.8) is 0 Å². The highest BCUT2D eigenvalue weighted by atomic mass is 16.6. The fourth-order valence-electron chi connectivity index (χ4n) is 3.25. The van der Waals surface area contributed by atoms with E-state index in [2.05, 4.69) is 15.1 Å². The molecule has 7 nitrogen and oxygen atoms in total. The fraction of sp³-hybridized carbons (Fsp3) is 0.643. The van der Waals surface area contributed by atoms with Gasteiger partial charge in [0.1, 0.15) is 17.8 Å². The third kappa shape index (κ3) is 2.78. The lowest BCUT2D eigenvalue weighted by atomic mass is 9.93. The molecule has 0 bridgehead atoms. The van der Waals surface area contributed by atoms with Gasteiger partial charge in [-0.1, -0.05) is 0 Å². The number of aromatic nitrogens is 2. The number of likely N-dealkylation sites (tertiary alicyclic amines) is 1. The summed E-state index contributed by atoms with van der Waals surface area (Å²) in [6.07, 6.45) is 2.76. The van der Waals surface area contributed by atoms with E-state index in [0.29, 0.717) is 0 Å². The number of carbonyl (C=O) groups excluding carboxylic acids is 2. The molecule has 1 aromatic heterocycles. The van der Waals surface area contributed by atoms with Gasteiger partial charge in [-0.3, -0.25) is 19.6 Å². The molecule has 0 unspecified atom stereocenters. The summed E-state index contributed by atoms with van der Waals surface area (Å²) in [4.78, 5) is 25.2. The number of carbonyl (C=O) groups is 2. The molecule has 0 radical (unpaired) electrons. The Kier molecular flexibility index (Phi) is 3.67. The Labute approximate surface area is 122 Å². The first-order valence-electron chi connectivity index (χ1n) is 7.34. The summed E-state index contributed by atoms with van der Waals surface area (Å²) in [7, 11) is 0. The first-order valence-corrected chi connectivity index (χ1v) is 7.34. The van der Waals surface area contributed by atoms with Crippen molar-refractivity contribution < 1.29 is 14.3 Å². The van der Waals surface area contributed by atoms with Crippen molar-refractivity contribution in [3.8, 4) is 0 Å². The Morgan fingerprint density at radius 1 is 1.57 bits per heavy atom. The Balaban J connectivity index is 1.70. The summed E-state index contributed by atoms with van der Waals surface area (Å²) < 4.78 is 5.24. The second kappa shape index (κ2) is 5.48. The lowest BCUT2D eigenvalue weighted by molar-refractivity contribution is -0.145. The molecular formula is C14H20N4O3. The topological polar surface area (TPSA) is 101 Å². The summed E-state index contributed by atoms with van der Waals surface area (Å²) in [5, 5.41) is 6.83. The van der Waals surface area contributed by atoms with Crippen LogP contribution < -0.4 is 5.73 Å². The number of amides is 1. The molecule has 3 heterocycles. The van der Waals surface area contributed by atoms with Crippen LogP contribution in [0.3, 0.4) is 0 Å². The van der Waals surface area contributed by atoms with Crippen LogP contribution >= 0.6 is 0 Å². The largest absolute Gasteiger partial charge is 0.461 e. The predicted molar refractivity (Wildman–Crippen MR) is 74.6 cm³/mol. The summed E-state index contributed by atoms with van der Waals surface area (Å²) >= 11 is 0. The maximum atomic E-state index is 11.9. The first-order chi connectivity index (χ1) is 10.0. The molecule has 114 valence electrons. The van der Waals surface area contributed by atoms with Crippen molar-refractivity contribution >= 4 is 11.9 Å². The lowest BCUT2D eigenvalue weighted by Gasteiger charge is -2.34. The normalized spacial score (nSPS) is 30.3. The van der Waals surface area contributed by atoms with E-state index in [-0.39, 0.29) is 29.7 Å². The molecule has 3 atom stereocenters. The lowest BCUT2D eigenvalue weighted by Crippen LogP contribution is -2.44. The van der Waals surface area contributed by atoms with Crippen LogP contribution in [0, 0.1) is 0 Å². The molecule has 1 amide bonds. The summed E-state index contributed by atoms with van der Waals surface area (Å²) in [6, 6.07) is 1.58. The minimum atomic E-state index is -0.529. The number of esters is 1. The van der Waals surface area contributed by atoms with Crippen molar-refractivity contribution in [1.82, 2.24) is 15.1 Å². The van der Waals surface area contributed by atoms with Crippen LogP contribution in [0.4, 0.5) is 0 Å². The number of aromatic amines is 1. The van der Waals surface area contributed by atoms with Gasteiger partial charge in [-0.2, -0.15) is 5.10 Å². The van der Waals surface area contributed by atoms with Gasteiger partial charge in [0.25, 0.3) is 5.91 Å². The van der Waals surface area contributed by atoms with Gasteiger partial charge in [0.05, 0.1) is 0 Å². The van der Waals surface area contributed by atoms with Gasteiger partial charge < -0.3 is 10.5 Å². The number of nitrogens with zero attached hydrogens (tertiary/aromatic N) is 2. The zero-order valence-electron chi connectivity index (χ0n) is 12.0. The van der Waals surface area contributed by atoms with E-state index >= 15 is 0 Å². The van der Waals surface area contributed by atoms with E-state index in [0.717, 1.165) is 38.0 Å². The zero-order valence-corrected chi connectivity index (χ0v) is 12.0. The van der Waals surface area contributed by atoms with Crippen LogP contribution in [-0.2, 0) is 9.53 Å². The van der Waals surface area contributed by atoms with Crippen molar-refractivity contribution in [2.75, 3.05) is 13.1 Å². The van der Waals surface area contributed by atoms with E-state index in [1.54, 1.807) is 6.07 Å². The average Bonchev–Trinajstić information content (AvgIpc) is 3.06. The van der Waals surface area contributed by atoms with Crippen molar-refractivity contribution in [2.45, 2.75) is 44.2 Å². The predicted octanol–water partition coefficient (Wildman–Crippen LogP) is 0.392. The van der Waals surface area contributed by atoms with Crippen LogP contribution in [0.2, 0.25) is 0 Å². The average molecular weight is 292 g/mol. The molecule has 7 heteroatoms. The number of ether oxygens (including phenoxy) is 1. The number of primary amides is 1. The molecule has 0 aliphatic carbocycles. The van der Waals surface area contributed by atoms with Crippen molar-refractivity contribution in [1.29, 1.82) is 0 Å². The van der Waals surface area contributed by atoms with Crippen LogP contribution in [-0.4, -0.2) is 52.2 Å². The van der Waals surface area contributed by atoms with Crippen LogP contribution in [0.25, 0.3) is 0 Å². The van der Waals surface area contributed by atoms with Crippen molar-refractivity contribution in [2.24, 2.45) is 5.73 Å². The second-order valence-corrected chi connectivity index (χ2v) is 5.91. The van der Waals surface area contributed by atoms with Crippen molar-refractivity contribution in [3.05, 3.63) is 17.5 Å². The minimum Gasteiger partial charge on any atom is -0.461 e. The van der Waals surface area contributed by atoms with E-state index in [1.165, 1.54) is 0 Å². The quantitative estimate of drug-likeness (QED) is 0.785. The number of rotatable bonds is 3. The number of hydrogen-bond acceptors (Lipinski definition) is 5. The van der Waals surface area contributed by atoms with Gasteiger partial charge in [-0.15, -0.1) is 0 Å². The zero-order chi connectivity index (χ0) is 15.0. The Morgan fingerprint density at radius 2 is 2.38 bits per heavy atom. The van der Waals surface area contributed by atoms with Crippen LogP contribution in [0.5, 0.6) is 0 Å². The molecule has 0 spiro atoms. The van der Waals surface area contributed by atoms with E-state index in [4.69, 9.17) is 10.5 Å². The van der Waals surface area contributed by atoms with Crippen LogP contribution in [0.15, 0.2) is 6.07 Å². The third-order valence-electron chi connectivity index (χ3n) is 4.33. The van der Waals surface area contributed by atoms with Gasteiger partial charge in [-0.25, -0.2) is 0 Å². The molecule has 3 N–H and O–H groups in total. The number of cyclic esters (lactones) is 1. The van der Waals surface area contributed by atoms with Gasteiger partial charge in [0.2, 0.25) is 0 Å². The number of H-pyrrole nitrogens is 1. The molecule has 21 heavy (non-hydrogen) atoms. The highest BCUT2D eigenvalue weighted by Gasteiger charge is 2.38. The van der Waals surface area contributed by atoms with E-state index in [9.17, 15) is 9.59 Å². The summed E-state index contributed by atoms with van der Waals surface area (Å²) in [5.41, 5.74) is 6.39. The van der Waals surface area contributed by atoms with Gasteiger partial charge in [0, 0.05) is 24.6 Å². The molecule has 2 aliphatic heterocycles. The smallest absolute Gasteiger partial charge is 0.323 e. The number of nitrogens with one attached hydrogen (secondary N) is 1. The molecule has 2 saturated heterocycles. The maximum absolute atomic E-state index is 11.9. The SMILES string of the molecule is C[C@@H]1C[C@@H](N2CCC[C@@H](c3cc(C(N)=O)n[nH]3)C2)C(=O)O1. The molecule has 0 saturated carbocycles. The van der Waals surface area contributed by atoms with E-state index in [1.807, 2.05) is 6.92 Å².